The Balaban J connectivity index is 1.43. The Morgan fingerprint density at radius 3 is 2.56 bits per heavy atom. The van der Waals surface area contributed by atoms with E-state index in [0.29, 0.717) is 6.61 Å². The van der Waals surface area contributed by atoms with Crippen LogP contribution in [0.3, 0.4) is 0 Å². The van der Waals surface area contributed by atoms with Crippen molar-refractivity contribution in [1.29, 1.82) is 0 Å². The Bertz CT molecular complexity index is 637. The molecule has 0 spiro atoms. The van der Waals surface area contributed by atoms with Crippen LogP contribution in [-0.2, 0) is 4.79 Å². The van der Waals surface area contributed by atoms with Crippen LogP contribution in [0.25, 0.3) is 0 Å². The standard InChI is InChI=1S/C19H26N4O2/c1-2-18(23-10-6-9-20-23)19(24)22-13-11-21(12-14-22)15-16-25-17-7-4-3-5-8-17/h3-10,18H,2,11-16H2,1H3/t18-/m0/s1. The summed E-state index contributed by atoms with van der Waals surface area (Å²) in [5.74, 6) is 1.08. The van der Waals surface area contributed by atoms with Crippen molar-refractivity contribution >= 4 is 5.91 Å². The smallest absolute Gasteiger partial charge is 0.247 e. The van der Waals surface area contributed by atoms with Crippen LogP contribution >= 0.6 is 0 Å². The molecule has 0 N–H and O–H groups in total. The molecule has 0 bridgehead atoms. The van der Waals surface area contributed by atoms with Gasteiger partial charge >= 0.3 is 0 Å². The zero-order valence-electron chi connectivity index (χ0n) is 14.8. The Morgan fingerprint density at radius 1 is 1.16 bits per heavy atom. The van der Waals surface area contributed by atoms with Crippen molar-refractivity contribution in [2.24, 2.45) is 0 Å². The van der Waals surface area contributed by atoms with Crippen LogP contribution < -0.4 is 4.74 Å². The molecule has 1 atom stereocenters. The highest BCUT2D eigenvalue weighted by Gasteiger charge is 2.27. The van der Waals surface area contributed by atoms with E-state index in [-0.39, 0.29) is 11.9 Å². The van der Waals surface area contributed by atoms with Crippen LogP contribution in [0.4, 0.5) is 0 Å². The first kappa shape index (κ1) is 17.5. The van der Waals surface area contributed by atoms with Gasteiger partial charge in [-0.3, -0.25) is 14.4 Å². The highest BCUT2D eigenvalue weighted by Crippen LogP contribution is 2.15. The maximum atomic E-state index is 12.8. The lowest BCUT2D eigenvalue weighted by atomic mass is 10.2. The number of hydrogen-bond acceptors (Lipinski definition) is 4. The molecular weight excluding hydrogens is 316 g/mol. The summed E-state index contributed by atoms with van der Waals surface area (Å²) in [6.45, 7) is 6.89. The van der Waals surface area contributed by atoms with Crippen molar-refractivity contribution in [1.82, 2.24) is 19.6 Å². The number of piperazine rings is 1. The Labute approximate surface area is 149 Å². The van der Waals surface area contributed by atoms with E-state index in [1.807, 2.05) is 54.4 Å². The van der Waals surface area contributed by atoms with Crippen molar-refractivity contribution in [2.75, 3.05) is 39.3 Å². The first-order chi connectivity index (χ1) is 12.3. The summed E-state index contributed by atoms with van der Waals surface area (Å²) in [5.41, 5.74) is 0. The second-order valence-electron chi connectivity index (χ2n) is 6.24. The molecule has 0 aliphatic carbocycles. The summed E-state index contributed by atoms with van der Waals surface area (Å²) in [4.78, 5) is 17.1. The number of benzene rings is 1. The molecule has 1 amide bonds. The first-order valence-electron chi connectivity index (χ1n) is 8.96. The van der Waals surface area contributed by atoms with Crippen molar-refractivity contribution in [3.05, 3.63) is 48.8 Å². The molecule has 6 heteroatoms. The summed E-state index contributed by atoms with van der Waals surface area (Å²) in [6.07, 6.45) is 4.34. The normalized spacial score (nSPS) is 16.6. The topological polar surface area (TPSA) is 50.6 Å². The second kappa shape index (κ2) is 8.67. The monoisotopic (exact) mass is 342 g/mol. The van der Waals surface area contributed by atoms with Gasteiger partial charge < -0.3 is 9.64 Å². The zero-order valence-corrected chi connectivity index (χ0v) is 14.8. The zero-order chi connectivity index (χ0) is 17.5. The lowest BCUT2D eigenvalue weighted by Gasteiger charge is -2.36. The molecule has 25 heavy (non-hydrogen) atoms. The van der Waals surface area contributed by atoms with Crippen LogP contribution in [0.2, 0.25) is 0 Å². The highest BCUT2D eigenvalue weighted by molar-refractivity contribution is 5.80. The van der Waals surface area contributed by atoms with E-state index >= 15 is 0 Å². The summed E-state index contributed by atoms with van der Waals surface area (Å²) in [6, 6.07) is 11.5. The Hall–Kier alpha value is -2.34. The maximum absolute atomic E-state index is 12.8. The largest absolute Gasteiger partial charge is 0.492 e. The third-order valence-electron chi connectivity index (χ3n) is 4.62. The number of carbonyl (C=O) groups is 1. The fourth-order valence-corrected chi connectivity index (χ4v) is 3.15. The van der Waals surface area contributed by atoms with E-state index in [1.165, 1.54) is 0 Å². The average Bonchev–Trinajstić information content (AvgIpc) is 3.18. The number of nitrogens with zero attached hydrogens (tertiary/aromatic N) is 4. The van der Waals surface area contributed by atoms with Crippen molar-refractivity contribution in [2.45, 2.75) is 19.4 Å². The molecule has 134 valence electrons. The molecule has 0 saturated carbocycles. The van der Waals surface area contributed by atoms with Gasteiger partial charge in [0.1, 0.15) is 18.4 Å². The summed E-state index contributed by atoms with van der Waals surface area (Å²) in [5, 5.41) is 4.23. The van der Waals surface area contributed by atoms with E-state index in [4.69, 9.17) is 4.74 Å². The van der Waals surface area contributed by atoms with Gasteiger partial charge in [-0.05, 0) is 24.6 Å². The number of ether oxygens (including phenoxy) is 1. The van der Waals surface area contributed by atoms with E-state index in [0.717, 1.165) is 44.9 Å². The van der Waals surface area contributed by atoms with Gasteiger partial charge in [0.2, 0.25) is 5.91 Å². The maximum Gasteiger partial charge on any atom is 0.247 e. The fourth-order valence-electron chi connectivity index (χ4n) is 3.15. The van der Waals surface area contributed by atoms with Crippen LogP contribution in [-0.4, -0.2) is 64.8 Å². The molecule has 1 saturated heterocycles. The van der Waals surface area contributed by atoms with E-state index in [9.17, 15) is 4.79 Å². The minimum absolute atomic E-state index is 0.173. The third-order valence-corrected chi connectivity index (χ3v) is 4.62. The Kier molecular flexibility index (Phi) is 6.06. The van der Waals surface area contributed by atoms with Gasteiger partial charge in [-0.25, -0.2) is 0 Å². The summed E-state index contributed by atoms with van der Waals surface area (Å²) < 4.78 is 7.52. The number of aromatic nitrogens is 2. The summed E-state index contributed by atoms with van der Waals surface area (Å²) >= 11 is 0. The van der Waals surface area contributed by atoms with Gasteiger partial charge in [-0.2, -0.15) is 5.10 Å². The van der Waals surface area contributed by atoms with Gasteiger partial charge in [-0.15, -0.1) is 0 Å². The molecule has 3 rings (SSSR count). The summed E-state index contributed by atoms with van der Waals surface area (Å²) in [7, 11) is 0. The molecule has 2 heterocycles. The number of amides is 1. The molecule has 0 radical (unpaired) electrons. The molecule has 1 aromatic carbocycles. The minimum Gasteiger partial charge on any atom is -0.492 e. The molecule has 1 aromatic heterocycles. The number of hydrogen-bond donors (Lipinski definition) is 0. The van der Waals surface area contributed by atoms with Gasteiger partial charge in [0, 0.05) is 45.1 Å². The van der Waals surface area contributed by atoms with Crippen LogP contribution in [0.15, 0.2) is 48.8 Å². The lowest BCUT2D eigenvalue weighted by molar-refractivity contribution is -0.137. The number of rotatable bonds is 7. The molecule has 1 fully saturated rings. The second-order valence-corrected chi connectivity index (χ2v) is 6.24. The molecule has 1 aliphatic rings. The SMILES string of the molecule is CC[C@@H](C(=O)N1CCN(CCOc2ccccc2)CC1)n1cccn1. The van der Waals surface area contributed by atoms with Crippen LogP contribution in [0.5, 0.6) is 5.75 Å². The number of carbonyl (C=O) groups excluding carboxylic acids is 1. The molecule has 0 unspecified atom stereocenters. The molecule has 2 aromatic rings. The predicted octanol–water partition coefficient (Wildman–Crippen LogP) is 2.06. The highest BCUT2D eigenvalue weighted by atomic mass is 16.5. The fraction of sp³-hybridized carbons (Fsp3) is 0.474. The lowest BCUT2D eigenvalue weighted by Crippen LogP contribution is -2.51. The van der Waals surface area contributed by atoms with E-state index < -0.39 is 0 Å². The molecule has 6 nitrogen and oxygen atoms in total. The van der Waals surface area contributed by atoms with Gasteiger partial charge in [0.05, 0.1) is 0 Å². The molecular formula is C19H26N4O2. The molecule has 1 aliphatic heterocycles. The minimum atomic E-state index is -0.192. The quantitative estimate of drug-likeness (QED) is 0.773. The van der Waals surface area contributed by atoms with Crippen molar-refractivity contribution < 1.29 is 9.53 Å². The number of para-hydroxylation sites is 1. The van der Waals surface area contributed by atoms with E-state index in [1.54, 1.807) is 10.9 Å². The van der Waals surface area contributed by atoms with Crippen molar-refractivity contribution in [3.8, 4) is 5.75 Å². The average molecular weight is 342 g/mol. The van der Waals surface area contributed by atoms with Crippen LogP contribution in [0, 0.1) is 0 Å². The van der Waals surface area contributed by atoms with E-state index in [2.05, 4.69) is 10.00 Å². The van der Waals surface area contributed by atoms with Crippen molar-refractivity contribution in [3.63, 3.8) is 0 Å². The first-order valence-corrected chi connectivity index (χ1v) is 8.96. The third kappa shape index (κ3) is 4.60. The van der Waals surface area contributed by atoms with Gasteiger partial charge in [0.15, 0.2) is 0 Å². The van der Waals surface area contributed by atoms with Gasteiger partial charge in [0.25, 0.3) is 0 Å². The Morgan fingerprint density at radius 2 is 1.92 bits per heavy atom. The van der Waals surface area contributed by atoms with Gasteiger partial charge in [-0.1, -0.05) is 25.1 Å². The van der Waals surface area contributed by atoms with Crippen LogP contribution in [0.1, 0.15) is 19.4 Å². The predicted molar refractivity (Wildman–Crippen MR) is 96.5 cm³/mol.